The number of piperidine rings is 1. The van der Waals surface area contributed by atoms with Crippen LogP contribution in [0.5, 0.6) is 5.88 Å². The Morgan fingerprint density at radius 2 is 1.92 bits per heavy atom. The lowest BCUT2D eigenvalue weighted by Gasteiger charge is -2.42. The van der Waals surface area contributed by atoms with Crippen LogP contribution in [0.4, 0.5) is 22.0 Å². The molecule has 36 heavy (non-hydrogen) atoms. The molecule has 1 aliphatic heterocycles. The Morgan fingerprint density at radius 3 is 2.53 bits per heavy atom. The summed E-state index contributed by atoms with van der Waals surface area (Å²) in [5.74, 6) is -4.62. The Hall–Kier alpha value is -3.57. The maximum Gasteiger partial charge on any atom is 0.417 e. The summed E-state index contributed by atoms with van der Waals surface area (Å²) in [4.78, 5) is 22.6. The number of carbonyl (C=O) groups excluding carboxylic acids is 1. The van der Waals surface area contributed by atoms with Gasteiger partial charge in [-0.15, -0.1) is 0 Å². The Kier molecular flexibility index (Phi) is 6.72. The average molecular weight is 509 g/mol. The molecule has 192 valence electrons. The van der Waals surface area contributed by atoms with E-state index in [1.807, 2.05) is 13.0 Å². The Bertz CT molecular complexity index is 1230. The highest BCUT2D eigenvalue weighted by atomic mass is 19.4. The molecule has 0 aliphatic carbocycles. The van der Waals surface area contributed by atoms with Crippen molar-refractivity contribution in [1.29, 1.82) is 0 Å². The van der Waals surface area contributed by atoms with E-state index in [1.165, 1.54) is 4.68 Å². The second kappa shape index (κ2) is 9.47. The molecular formula is C24H24F5N5O2. The molecule has 0 bridgehead atoms. The van der Waals surface area contributed by atoms with Crippen molar-refractivity contribution in [3.8, 4) is 17.1 Å². The van der Waals surface area contributed by atoms with Gasteiger partial charge in [-0.1, -0.05) is 13.0 Å². The zero-order valence-electron chi connectivity index (χ0n) is 19.8. The number of nitrogens with zero attached hydrogens (tertiary/aromatic N) is 5. The Balaban J connectivity index is 1.60. The van der Waals surface area contributed by atoms with Crippen LogP contribution in [-0.2, 0) is 13.2 Å². The molecule has 0 aromatic carbocycles. The van der Waals surface area contributed by atoms with Crippen molar-refractivity contribution in [3.63, 3.8) is 0 Å². The zero-order valence-corrected chi connectivity index (χ0v) is 19.8. The van der Waals surface area contributed by atoms with Crippen LogP contribution in [0.25, 0.3) is 11.3 Å². The minimum absolute atomic E-state index is 0.0311. The number of amides is 1. The van der Waals surface area contributed by atoms with E-state index in [4.69, 9.17) is 4.74 Å². The third-order valence-corrected chi connectivity index (χ3v) is 6.02. The van der Waals surface area contributed by atoms with Crippen molar-refractivity contribution >= 4 is 5.91 Å². The monoisotopic (exact) mass is 509 g/mol. The lowest BCUT2D eigenvalue weighted by Crippen LogP contribution is -2.57. The van der Waals surface area contributed by atoms with Gasteiger partial charge in [0.1, 0.15) is 6.61 Å². The van der Waals surface area contributed by atoms with Crippen LogP contribution >= 0.6 is 0 Å². The van der Waals surface area contributed by atoms with Crippen LogP contribution in [0, 0.1) is 12.8 Å². The fraction of sp³-hybridized carbons (Fsp3) is 0.417. The lowest BCUT2D eigenvalue weighted by molar-refractivity contribution is -0.137. The molecule has 3 aromatic heterocycles. The average Bonchev–Trinajstić information content (AvgIpc) is 3.19. The van der Waals surface area contributed by atoms with Crippen molar-refractivity contribution < 1.29 is 31.5 Å². The third-order valence-electron chi connectivity index (χ3n) is 6.02. The van der Waals surface area contributed by atoms with E-state index in [1.54, 1.807) is 32.4 Å². The molecule has 3 aromatic rings. The SMILES string of the molecule is Cc1ccc(-c2cn(C)nc2C(=O)N2CC(F)(F)C[C@@H](C)[C@H]2COc2ccc(C(F)(F)F)cn2)nc1. The normalized spacial score (nSPS) is 19.8. The lowest BCUT2D eigenvalue weighted by atomic mass is 9.88. The molecule has 12 heteroatoms. The van der Waals surface area contributed by atoms with E-state index in [9.17, 15) is 26.7 Å². The van der Waals surface area contributed by atoms with Crippen molar-refractivity contribution in [2.75, 3.05) is 13.2 Å². The van der Waals surface area contributed by atoms with Crippen LogP contribution in [0.1, 0.15) is 35.0 Å². The number of hydrogen-bond donors (Lipinski definition) is 0. The van der Waals surface area contributed by atoms with Gasteiger partial charge in [0, 0.05) is 38.1 Å². The smallest absolute Gasteiger partial charge is 0.417 e. The summed E-state index contributed by atoms with van der Waals surface area (Å²) in [5.41, 5.74) is 0.805. The quantitative estimate of drug-likeness (QED) is 0.464. The van der Waals surface area contributed by atoms with E-state index in [-0.39, 0.29) is 18.2 Å². The second-order valence-electron chi connectivity index (χ2n) is 9.02. The molecule has 1 aliphatic rings. The molecule has 0 spiro atoms. The minimum Gasteiger partial charge on any atom is -0.475 e. The van der Waals surface area contributed by atoms with Gasteiger partial charge in [0.05, 0.1) is 29.4 Å². The molecular weight excluding hydrogens is 485 g/mol. The van der Waals surface area contributed by atoms with Gasteiger partial charge < -0.3 is 9.64 Å². The van der Waals surface area contributed by atoms with Gasteiger partial charge >= 0.3 is 6.18 Å². The van der Waals surface area contributed by atoms with E-state index in [0.717, 1.165) is 22.6 Å². The van der Waals surface area contributed by atoms with Crippen LogP contribution < -0.4 is 4.74 Å². The highest BCUT2D eigenvalue weighted by Crippen LogP contribution is 2.36. The summed E-state index contributed by atoms with van der Waals surface area (Å²) in [7, 11) is 1.61. The summed E-state index contributed by atoms with van der Waals surface area (Å²) in [6.07, 6.45) is -1.17. The number of aromatic nitrogens is 4. The summed E-state index contributed by atoms with van der Waals surface area (Å²) in [6, 6.07) is 4.61. The maximum atomic E-state index is 14.6. The minimum atomic E-state index is -4.55. The first kappa shape index (κ1) is 25.5. The molecule has 1 fully saturated rings. The number of ether oxygens (including phenoxy) is 1. The Labute approximate surface area is 203 Å². The van der Waals surface area contributed by atoms with Crippen LogP contribution in [0.3, 0.4) is 0 Å². The molecule has 1 saturated heterocycles. The number of halogens is 5. The van der Waals surface area contributed by atoms with Gasteiger partial charge in [-0.3, -0.25) is 14.5 Å². The number of rotatable bonds is 5. The Morgan fingerprint density at radius 1 is 1.17 bits per heavy atom. The molecule has 2 atom stereocenters. The third kappa shape index (κ3) is 5.47. The fourth-order valence-corrected chi connectivity index (χ4v) is 4.22. The second-order valence-corrected chi connectivity index (χ2v) is 9.02. The predicted octanol–water partition coefficient (Wildman–Crippen LogP) is 4.77. The number of hydrogen-bond acceptors (Lipinski definition) is 5. The molecule has 0 N–H and O–H groups in total. The first-order valence-corrected chi connectivity index (χ1v) is 11.2. The van der Waals surface area contributed by atoms with Gasteiger partial charge in [-0.2, -0.15) is 18.3 Å². The van der Waals surface area contributed by atoms with Gasteiger partial charge in [-0.25, -0.2) is 13.8 Å². The van der Waals surface area contributed by atoms with E-state index < -0.39 is 48.5 Å². The molecule has 1 amide bonds. The molecule has 0 radical (unpaired) electrons. The topological polar surface area (TPSA) is 73.1 Å². The molecule has 4 heterocycles. The van der Waals surface area contributed by atoms with Crippen LogP contribution in [0.2, 0.25) is 0 Å². The first-order chi connectivity index (χ1) is 16.8. The van der Waals surface area contributed by atoms with Crippen molar-refractivity contribution in [2.24, 2.45) is 13.0 Å². The molecule has 0 unspecified atom stereocenters. The summed E-state index contributed by atoms with van der Waals surface area (Å²) in [6.45, 7) is 2.36. The van der Waals surface area contributed by atoms with E-state index in [0.29, 0.717) is 17.5 Å². The highest BCUT2D eigenvalue weighted by molar-refractivity contribution is 5.98. The van der Waals surface area contributed by atoms with E-state index in [2.05, 4.69) is 15.1 Å². The highest BCUT2D eigenvalue weighted by Gasteiger charge is 2.47. The van der Waals surface area contributed by atoms with Crippen molar-refractivity contribution in [3.05, 3.63) is 59.7 Å². The maximum absolute atomic E-state index is 14.6. The molecule has 4 rings (SSSR count). The standard InChI is InChI=1S/C24H24F5N5O2/c1-14-4-6-18(30-9-14)17-11-33(3)32-21(17)22(35)34-13-23(25,26)8-15(2)19(34)12-36-20-7-5-16(10-31-20)24(27,28)29/h4-7,9-11,15,19H,8,12-13H2,1-3H3/t15-,19-/m1/s1. The summed E-state index contributed by atoms with van der Waals surface area (Å²) >= 11 is 0. The zero-order chi connectivity index (χ0) is 26.3. The largest absolute Gasteiger partial charge is 0.475 e. The first-order valence-electron chi connectivity index (χ1n) is 11.2. The number of likely N-dealkylation sites (tertiary alicyclic amines) is 1. The number of alkyl halides is 5. The summed E-state index contributed by atoms with van der Waals surface area (Å²) < 4.78 is 74.4. The molecule has 7 nitrogen and oxygen atoms in total. The fourth-order valence-electron chi connectivity index (χ4n) is 4.22. The van der Waals surface area contributed by atoms with E-state index >= 15 is 0 Å². The predicted molar refractivity (Wildman–Crippen MR) is 119 cm³/mol. The van der Waals surface area contributed by atoms with Gasteiger partial charge in [-0.05, 0) is 30.5 Å². The van der Waals surface area contributed by atoms with Crippen molar-refractivity contribution in [1.82, 2.24) is 24.6 Å². The molecule has 0 saturated carbocycles. The van der Waals surface area contributed by atoms with Gasteiger partial charge in [0.15, 0.2) is 5.69 Å². The van der Waals surface area contributed by atoms with Crippen LogP contribution in [0.15, 0.2) is 42.9 Å². The van der Waals surface area contributed by atoms with Crippen LogP contribution in [-0.4, -0.2) is 55.7 Å². The van der Waals surface area contributed by atoms with Gasteiger partial charge in [0.2, 0.25) is 5.88 Å². The number of aryl methyl sites for hydroxylation is 2. The van der Waals surface area contributed by atoms with Crippen molar-refractivity contribution in [2.45, 2.75) is 38.4 Å². The number of carbonyl (C=O) groups is 1. The van der Waals surface area contributed by atoms with Gasteiger partial charge in [0.25, 0.3) is 11.8 Å². The summed E-state index contributed by atoms with van der Waals surface area (Å²) in [5, 5.41) is 4.22. The number of pyridine rings is 2.